The molecule has 5 nitrogen and oxygen atoms in total. The maximum atomic E-state index is 5.45. The van der Waals surface area contributed by atoms with Crippen LogP contribution in [0.4, 0.5) is 5.82 Å². The number of fused-ring (bicyclic) bond motifs is 1. The number of rotatable bonds is 6. The summed E-state index contributed by atoms with van der Waals surface area (Å²) in [4.78, 5) is 12.9. The molecule has 0 radical (unpaired) electrons. The van der Waals surface area contributed by atoms with Crippen LogP contribution in [0, 0.1) is 12.8 Å². The second-order valence-corrected chi connectivity index (χ2v) is 7.89. The van der Waals surface area contributed by atoms with Crippen molar-refractivity contribution >= 4 is 27.4 Å². The fraction of sp³-hybridized carbons (Fsp3) is 0.667. The minimum Gasteiger partial charge on any atom is -0.379 e. The summed E-state index contributed by atoms with van der Waals surface area (Å²) in [6.07, 6.45) is 1.07. The Morgan fingerprint density at radius 1 is 1.25 bits per heavy atom. The molecule has 0 spiro atoms. The Labute approximate surface area is 148 Å². The molecule has 1 atom stereocenters. The van der Waals surface area contributed by atoms with E-state index in [9.17, 15) is 0 Å². The normalized spacial score (nSPS) is 17.5. The summed E-state index contributed by atoms with van der Waals surface area (Å²) in [6.45, 7) is 13.3. The van der Waals surface area contributed by atoms with E-state index in [2.05, 4.69) is 41.4 Å². The van der Waals surface area contributed by atoms with Crippen molar-refractivity contribution in [3.8, 4) is 0 Å². The molecule has 0 aliphatic carbocycles. The van der Waals surface area contributed by atoms with E-state index >= 15 is 0 Å². The number of hydrogen-bond donors (Lipinski definition) is 1. The van der Waals surface area contributed by atoms with Crippen molar-refractivity contribution in [2.75, 3.05) is 38.2 Å². The third-order valence-corrected chi connectivity index (χ3v) is 5.40. The standard InChI is InChI=1S/C18H28N4OS/c1-12(2)9-15-11-24-18-16(15)17(20-14(4)21-18)19-10-13(3)22-5-7-23-8-6-22/h11-13H,5-10H2,1-4H3,(H,19,20,21). The van der Waals surface area contributed by atoms with E-state index < -0.39 is 0 Å². The van der Waals surface area contributed by atoms with Gasteiger partial charge in [0.15, 0.2) is 0 Å². The van der Waals surface area contributed by atoms with Crippen molar-refractivity contribution in [2.24, 2.45) is 5.92 Å². The van der Waals surface area contributed by atoms with Crippen LogP contribution >= 0.6 is 11.3 Å². The molecule has 24 heavy (non-hydrogen) atoms. The molecule has 3 heterocycles. The first-order valence-corrected chi connectivity index (χ1v) is 9.73. The third-order valence-electron chi connectivity index (χ3n) is 4.48. The zero-order valence-electron chi connectivity index (χ0n) is 15.1. The lowest BCUT2D eigenvalue weighted by atomic mass is 10.0. The summed E-state index contributed by atoms with van der Waals surface area (Å²) in [6, 6.07) is 0.464. The first kappa shape index (κ1) is 17.6. The minimum atomic E-state index is 0.464. The number of hydrogen-bond acceptors (Lipinski definition) is 6. The van der Waals surface area contributed by atoms with Gasteiger partial charge in [0.05, 0.1) is 18.6 Å². The van der Waals surface area contributed by atoms with E-state index in [-0.39, 0.29) is 0 Å². The van der Waals surface area contributed by atoms with Gasteiger partial charge in [-0.2, -0.15) is 0 Å². The van der Waals surface area contributed by atoms with Gasteiger partial charge in [-0.05, 0) is 37.1 Å². The number of anilines is 1. The number of nitrogens with one attached hydrogen (secondary N) is 1. The average Bonchev–Trinajstić information content (AvgIpc) is 2.95. The highest BCUT2D eigenvalue weighted by Crippen LogP contribution is 2.31. The Bertz CT molecular complexity index is 679. The number of morpholine rings is 1. The van der Waals surface area contributed by atoms with Crippen LogP contribution in [0.25, 0.3) is 10.2 Å². The van der Waals surface area contributed by atoms with E-state index in [1.54, 1.807) is 11.3 Å². The smallest absolute Gasteiger partial charge is 0.138 e. The van der Waals surface area contributed by atoms with Gasteiger partial charge in [-0.25, -0.2) is 9.97 Å². The lowest BCUT2D eigenvalue weighted by molar-refractivity contribution is 0.0227. The molecule has 1 saturated heterocycles. The summed E-state index contributed by atoms with van der Waals surface area (Å²) in [5, 5.41) is 7.06. The van der Waals surface area contributed by atoms with Crippen LogP contribution in [0.15, 0.2) is 5.38 Å². The van der Waals surface area contributed by atoms with Crippen molar-refractivity contribution in [1.29, 1.82) is 0 Å². The van der Waals surface area contributed by atoms with Crippen LogP contribution in [0.1, 0.15) is 32.2 Å². The molecule has 1 N–H and O–H groups in total. The van der Waals surface area contributed by atoms with Gasteiger partial charge in [-0.1, -0.05) is 13.8 Å². The molecule has 1 aliphatic heterocycles. The van der Waals surface area contributed by atoms with E-state index in [1.807, 2.05) is 6.92 Å². The lowest BCUT2D eigenvalue weighted by Gasteiger charge is -2.32. The fourth-order valence-corrected chi connectivity index (χ4v) is 4.22. The van der Waals surface area contributed by atoms with Gasteiger partial charge in [-0.3, -0.25) is 4.90 Å². The molecular formula is C18H28N4OS. The molecular weight excluding hydrogens is 320 g/mol. The molecule has 1 aliphatic rings. The first-order chi connectivity index (χ1) is 11.5. The van der Waals surface area contributed by atoms with Crippen LogP contribution in [-0.4, -0.2) is 53.8 Å². The van der Waals surface area contributed by atoms with Crippen LogP contribution in [-0.2, 0) is 11.2 Å². The topological polar surface area (TPSA) is 50.3 Å². The largest absolute Gasteiger partial charge is 0.379 e. The Balaban J connectivity index is 1.78. The number of aryl methyl sites for hydroxylation is 1. The van der Waals surface area contributed by atoms with Gasteiger partial charge < -0.3 is 10.1 Å². The molecule has 132 valence electrons. The van der Waals surface area contributed by atoms with Crippen LogP contribution in [0.5, 0.6) is 0 Å². The first-order valence-electron chi connectivity index (χ1n) is 8.85. The Morgan fingerprint density at radius 3 is 2.71 bits per heavy atom. The van der Waals surface area contributed by atoms with E-state index in [0.717, 1.165) is 55.7 Å². The summed E-state index contributed by atoms with van der Waals surface area (Å²) in [5.41, 5.74) is 1.37. The Morgan fingerprint density at radius 2 is 2.00 bits per heavy atom. The molecule has 2 aromatic rings. The summed E-state index contributed by atoms with van der Waals surface area (Å²) < 4.78 is 5.45. The second kappa shape index (κ2) is 7.76. The summed E-state index contributed by atoms with van der Waals surface area (Å²) >= 11 is 1.73. The molecule has 2 aromatic heterocycles. The number of ether oxygens (including phenoxy) is 1. The molecule has 1 fully saturated rings. The highest BCUT2D eigenvalue weighted by atomic mass is 32.1. The fourth-order valence-electron chi connectivity index (χ4n) is 3.22. The molecule has 0 amide bonds. The zero-order valence-corrected chi connectivity index (χ0v) is 15.9. The number of nitrogens with zero attached hydrogens (tertiary/aromatic N) is 3. The van der Waals surface area contributed by atoms with Gasteiger partial charge in [0.1, 0.15) is 16.5 Å². The zero-order chi connectivity index (χ0) is 17.1. The van der Waals surface area contributed by atoms with Crippen LogP contribution in [0.3, 0.4) is 0 Å². The minimum absolute atomic E-state index is 0.464. The van der Waals surface area contributed by atoms with Crippen molar-refractivity contribution in [2.45, 2.75) is 40.2 Å². The Kier molecular flexibility index (Phi) is 5.69. The van der Waals surface area contributed by atoms with Gasteiger partial charge in [-0.15, -0.1) is 11.3 Å². The molecule has 6 heteroatoms. The molecule has 0 aromatic carbocycles. The number of thiophene rings is 1. The van der Waals surface area contributed by atoms with Crippen LogP contribution in [0.2, 0.25) is 0 Å². The van der Waals surface area contributed by atoms with Gasteiger partial charge >= 0.3 is 0 Å². The number of aromatic nitrogens is 2. The second-order valence-electron chi connectivity index (χ2n) is 7.04. The van der Waals surface area contributed by atoms with Crippen molar-refractivity contribution in [3.05, 3.63) is 16.8 Å². The van der Waals surface area contributed by atoms with E-state index in [4.69, 9.17) is 9.72 Å². The van der Waals surface area contributed by atoms with Gasteiger partial charge in [0.2, 0.25) is 0 Å². The molecule has 0 saturated carbocycles. The van der Waals surface area contributed by atoms with E-state index in [0.29, 0.717) is 12.0 Å². The van der Waals surface area contributed by atoms with Gasteiger partial charge in [0, 0.05) is 25.7 Å². The SMILES string of the molecule is Cc1nc(NCC(C)N2CCOCC2)c2c(CC(C)C)csc2n1. The lowest BCUT2D eigenvalue weighted by Crippen LogP contribution is -2.45. The van der Waals surface area contributed by atoms with E-state index in [1.165, 1.54) is 10.9 Å². The molecule has 0 bridgehead atoms. The predicted molar refractivity (Wildman–Crippen MR) is 101 cm³/mol. The molecule has 1 unspecified atom stereocenters. The highest BCUT2D eigenvalue weighted by Gasteiger charge is 2.18. The molecule has 3 rings (SSSR count). The highest BCUT2D eigenvalue weighted by molar-refractivity contribution is 7.17. The van der Waals surface area contributed by atoms with Crippen molar-refractivity contribution in [1.82, 2.24) is 14.9 Å². The quantitative estimate of drug-likeness (QED) is 0.868. The summed E-state index contributed by atoms with van der Waals surface area (Å²) in [5.74, 6) is 2.46. The predicted octanol–water partition coefficient (Wildman–Crippen LogP) is 3.33. The van der Waals surface area contributed by atoms with Crippen molar-refractivity contribution in [3.63, 3.8) is 0 Å². The van der Waals surface area contributed by atoms with Crippen molar-refractivity contribution < 1.29 is 4.74 Å². The maximum Gasteiger partial charge on any atom is 0.138 e. The summed E-state index contributed by atoms with van der Waals surface area (Å²) in [7, 11) is 0. The Hall–Kier alpha value is -1.24. The maximum absolute atomic E-state index is 5.45. The van der Waals surface area contributed by atoms with Crippen LogP contribution < -0.4 is 5.32 Å². The third kappa shape index (κ3) is 4.05. The van der Waals surface area contributed by atoms with Gasteiger partial charge in [0.25, 0.3) is 0 Å². The average molecular weight is 349 g/mol. The monoisotopic (exact) mass is 348 g/mol.